The maximum absolute atomic E-state index is 2.42. The number of rotatable bonds is 2. The molecule has 0 bridgehead atoms. The molecule has 0 unspecified atom stereocenters. The average molecular weight is 309 g/mol. The third-order valence-corrected chi connectivity index (χ3v) is 4.90. The molecule has 0 amide bonds. The Labute approximate surface area is 139 Å². The van der Waals surface area contributed by atoms with Crippen LogP contribution in [-0.4, -0.2) is 22.7 Å². The third kappa shape index (κ3) is 2.44. The van der Waals surface area contributed by atoms with Crippen LogP contribution >= 0.6 is 0 Å². The smallest absolute Gasteiger partial charge is 0.122 e. The van der Waals surface area contributed by atoms with E-state index in [4.69, 9.17) is 0 Å². The predicted molar refractivity (Wildman–Crippen MR) is 98.3 cm³/mol. The number of benzene rings is 1. The molecule has 0 spiro atoms. The highest BCUT2D eigenvalue weighted by molar-refractivity contribution is 5.63. The first-order valence-corrected chi connectivity index (χ1v) is 8.27. The standard InChI is InChI=1S/C20H27N3/c1-13-10-14(2)19(15(3)11-13)23-17(5)12-16(4)20(23)22-9-8-21(7)18(22)6/h8-12,18H,1-7H3/t18-/m0/s1. The second-order valence-corrected chi connectivity index (χ2v) is 6.88. The maximum Gasteiger partial charge on any atom is 0.122 e. The highest BCUT2D eigenvalue weighted by Gasteiger charge is 2.26. The van der Waals surface area contributed by atoms with E-state index in [0.29, 0.717) is 6.17 Å². The lowest BCUT2D eigenvalue weighted by atomic mass is 10.0. The van der Waals surface area contributed by atoms with Gasteiger partial charge in [-0.15, -0.1) is 0 Å². The normalized spacial score (nSPS) is 17.4. The molecule has 0 saturated carbocycles. The zero-order valence-corrected chi connectivity index (χ0v) is 15.3. The Morgan fingerprint density at radius 2 is 1.43 bits per heavy atom. The predicted octanol–water partition coefficient (Wildman–Crippen LogP) is 4.59. The Balaban J connectivity index is 2.24. The summed E-state index contributed by atoms with van der Waals surface area (Å²) in [5, 5.41) is 0. The van der Waals surface area contributed by atoms with Gasteiger partial charge in [-0.1, -0.05) is 17.7 Å². The van der Waals surface area contributed by atoms with Gasteiger partial charge in [-0.05, 0) is 64.3 Å². The molecule has 3 nitrogen and oxygen atoms in total. The molecule has 0 radical (unpaired) electrons. The molecule has 3 rings (SSSR count). The zero-order chi connectivity index (χ0) is 16.9. The summed E-state index contributed by atoms with van der Waals surface area (Å²) in [5.41, 5.74) is 7.88. The van der Waals surface area contributed by atoms with Crippen molar-refractivity contribution < 1.29 is 0 Å². The van der Waals surface area contributed by atoms with Crippen LogP contribution in [0.4, 0.5) is 5.82 Å². The van der Waals surface area contributed by atoms with Crippen LogP contribution in [0.2, 0.25) is 0 Å². The second-order valence-electron chi connectivity index (χ2n) is 6.88. The minimum atomic E-state index is 0.327. The average Bonchev–Trinajstić information content (AvgIpc) is 2.90. The molecule has 2 heterocycles. The monoisotopic (exact) mass is 309 g/mol. The van der Waals surface area contributed by atoms with Crippen LogP contribution in [0.1, 0.15) is 34.9 Å². The van der Waals surface area contributed by atoms with Crippen LogP contribution in [0.25, 0.3) is 5.69 Å². The summed E-state index contributed by atoms with van der Waals surface area (Å²) in [6.07, 6.45) is 4.65. The fourth-order valence-corrected chi connectivity index (χ4v) is 3.78. The molecule has 3 heteroatoms. The van der Waals surface area contributed by atoms with Crippen molar-refractivity contribution in [3.63, 3.8) is 0 Å². The summed E-state index contributed by atoms with van der Waals surface area (Å²) in [4.78, 5) is 4.60. The summed E-state index contributed by atoms with van der Waals surface area (Å²) in [6, 6.07) is 6.83. The van der Waals surface area contributed by atoms with E-state index in [1.54, 1.807) is 0 Å². The first-order chi connectivity index (χ1) is 10.8. The zero-order valence-electron chi connectivity index (χ0n) is 15.3. The Kier molecular flexibility index (Phi) is 3.75. The van der Waals surface area contributed by atoms with Gasteiger partial charge < -0.3 is 9.80 Å². The van der Waals surface area contributed by atoms with Crippen molar-refractivity contribution in [1.29, 1.82) is 0 Å². The fourth-order valence-electron chi connectivity index (χ4n) is 3.78. The van der Waals surface area contributed by atoms with Crippen molar-refractivity contribution in [2.24, 2.45) is 0 Å². The largest absolute Gasteiger partial charge is 0.359 e. The van der Waals surface area contributed by atoms with Gasteiger partial charge in [0.15, 0.2) is 0 Å². The molecular weight excluding hydrogens is 282 g/mol. The first-order valence-electron chi connectivity index (χ1n) is 8.27. The molecule has 23 heavy (non-hydrogen) atoms. The van der Waals surface area contributed by atoms with Crippen LogP contribution in [0.5, 0.6) is 0 Å². The Bertz CT molecular complexity index is 759. The number of aromatic nitrogens is 1. The molecular formula is C20H27N3. The van der Waals surface area contributed by atoms with Crippen molar-refractivity contribution in [1.82, 2.24) is 9.47 Å². The summed E-state index contributed by atoms with van der Waals surface area (Å²) in [6.45, 7) is 13.2. The van der Waals surface area contributed by atoms with Gasteiger partial charge in [-0.2, -0.15) is 0 Å². The van der Waals surface area contributed by atoms with Crippen LogP contribution in [0, 0.1) is 34.6 Å². The molecule has 2 aromatic rings. The third-order valence-electron chi connectivity index (χ3n) is 4.90. The second kappa shape index (κ2) is 5.48. The molecule has 0 fully saturated rings. The van der Waals surface area contributed by atoms with E-state index in [2.05, 4.69) is 93.6 Å². The van der Waals surface area contributed by atoms with Crippen LogP contribution in [0.15, 0.2) is 30.6 Å². The number of anilines is 1. The maximum atomic E-state index is 2.42. The lowest BCUT2D eigenvalue weighted by Crippen LogP contribution is -2.35. The minimum Gasteiger partial charge on any atom is -0.359 e. The number of hydrogen-bond acceptors (Lipinski definition) is 2. The molecule has 1 aliphatic heterocycles. The molecule has 1 atom stereocenters. The van der Waals surface area contributed by atoms with Crippen LogP contribution < -0.4 is 4.90 Å². The fraction of sp³-hybridized carbons (Fsp3) is 0.400. The van der Waals surface area contributed by atoms with E-state index < -0.39 is 0 Å². The van der Waals surface area contributed by atoms with Gasteiger partial charge in [-0.25, -0.2) is 0 Å². The Hall–Kier alpha value is -2.16. The SMILES string of the molecule is Cc1cc(C)c(-n2c(C)cc(C)c2N2C=CN(C)[C@@H]2C)c(C)c1. The lowest BCUT2D eigenvalue weighted by molar-refractivity contribution is 0.381. The summed E-state index contributed by atoms with van der Waals surface area (Å²) in [7, 11) is 2.12. The van der Waals surface area contributed by atoms with Gasteiger partial charge in [0.2, 0.25) is 0 Å². The number of hydrogen-bond donors (Lipinski definition) is 0. The number of aryl methyl sites for hydroxylation is 5. The Morgan fingerprint density at radius 1 is 0.826 bits per heavy atom. The Morgan fingerprint density at radius 3 is 1.96 bits per heavy atom. The lowest BCUT2D eigenvalue weighted by Gasteiger charge is -2.30. The van der Waals surface area contributed by atoms with E-state index in [9.17, 15) is 0 Å². The quantitative estimate of drug-likeness (QED) is 0.804. The van der Waals surface area contributed by atoms with Gasteiger partial charge in [-0.3, -0.25) is 4.57 Å². The van der Waals surface area contributed by atoms with Crippen molar-refractivity contribution >= 4 is 5.82 Å². The highest BCUT2D eigenvalue weighted by atomic mass is 15.4. The molecule has 0 saturated heterocycles. The van der Waals surface area contributed by atoms with Gasteiger partial charge >= 0.3 is 0 Å². The van der Waals surface area contributed by atoms with Crippen LogP contribution in [0.3, 0.4) is 0 Å². The minimum absolute atomic E-state index is 0.327. The molecule has 1 aromatic heterocycles. The van der Waals surface area contributed by atoms with E-state index >= 15 is 0 Å². The van der Waals surface area contributed by atoms with Crippen molar-refractivity contribution in [2.45, 2.75) is 47.7 Å². The topological polar surface area (TPSA) is 11.4 Å². The summed E-state index contributed by atoms with van der Waals surface area (Å²) >= 11 is 0. The summed E-state index contributed by atoms with van der Waals surface area (Å²) in [5.74, 6) is 1.27. The van der Waals surface area contributed by atoms with Crippen molar-refractivity contribution in [3.05, 3.63) is 58.5 Å². The van der Waals surface area contributed by atoms with E-state index in [0.717, 1.165) is 0 Å². The highest BCUT2D eigenvalue weighted by Crippen LogP contribution is 2.35. The van der Waals surface area contributed by atoms with Crippen LogP contribution in [-0.2, 0) is 0 Å². The van der Waals surface area contributed by atoms with Gasteiger partial charge in [0, 0.05) is 25.1 Å². The number of nitrogens with zero attached hydrogens (tertiary/aromatic N) is 3. The van der Waals surface area contributed by atoms with Crippen molar-refractivity contribution in [3.8, 4) is 5.69 Å². The van der Waals surface area contributed by atoms with Gasteiger partial charge in [0.1, 0.15) is 12.0 Å². The molecule has 1 aliphatic rings. The molecule has 1 aromatic carbocycles. The molecule has 122 valence electrons. The van der Waals surface area contributed by atoms with Gasteiger partial charge in [0.25, 0.3) is 0 Å². The van der Waals surface area contributed by atoms with Crippen molar-refractivity contribution in [2.75, 3.05) is 11.9 Å². The molecule has 0 N–H and O–H groups in total. The molecule has 0 aliphatic carbocycles. The summed E-state index contributed by atoms with van der Waals surface area (Å²) < 4.78 is 2.42. The van der Waals surface area contributed by atoms with E-state index in [-0.39, 0.29) is 0 Å². The first kappa shape index (κ1) is 15.7. The van der Waals surface area contributed by atoms with Gasteiger partial charge in [0.05, 0.1) is 5.69 Å². The van der Waals surface area contributed by atoms with E-state index in [1.807, 2.05) is 0 Å². The van der Waals surface area contributed by atoms with E-state index in [1.165, 1.54) is 39.5 Å².